The first kappa shape index (κ1) is 14.4. The molecule has 1 aromatic carbocycles. The number of carbonyl (C=O) groups is 1. The van der Waals surface area contributed by atoms with E-state index in [4.69, 9.17) is 10.5 Å². The molecule has 0 saturated heterocycles. The number of primary amides is 1. The van der Waals surface area contributed by atoms with Gasteiger partial charge in [-0.3, -0.25) is 4.79 Å². The highest BCUT2D eigenvalue weighted by Gasteiger charge is 2.58. The zero-order valence-corrected chi connectivity index (χ0v) is 12.6. The van der Waals surface area contributed by atoms with Gasteiger partial charge in [0.05, 0.1) is 12.5 Å². The fraction of sp³-hybridized carbons (Fsp3) is 0.588. The van der Waals surface area contributed by atoms with Crippen molar-refractivity contribution in [3.63, 3.8) is 0 Å². The number of rotatable bonds is 6. The van der Waals surface area contributed by atoms with Gasteiger partial charge < -0.3 is 15.8 Å². The zero-order valence-electron chi connectivity index (χ0n) is 12.6. The van der Waals surface area contributed by atoms with E-state index in [0.717, 1.165) is 24.3 Å². The molecule has 2 unspecified atom stereocenters. The number of benzene rings is 1. The van der Waals surface area contributed by atoms with Crippen LogP contribution in [0, 0.1) is 5.41 Å². The maximum absolute atomic E-state index is 10.9. The van der Waals surface area contributed by atoms with Gasteiger partial charge in [-0.25, -0.2) is 0 Å². The highest BCUT2D eigenvalue weighted by Crippen LogP contribution is 2.58. The molecule has 2 fully saturated rings. The summed E-state index contributed by atoms with van der Waals surface area (Å²) in [5.74, 6) is -0.289. The molecule has 3 rings (SSSR count). The van der Waals surface area contributed by atoms with E-state index < -0.39 is 0 Å². The second-order valence-corrected chi connectivity index (χ2v) is 6.30. The Morgan fingerprint density at radius 3 is 2.62 bits per heavy atom. The molecule has 0 aliphatic heterocycles. The Kier molecular flexibility index (Phi) is 3.89. The predicted octanol–water partition coefficient (Wildman–Crippen LogP) is 2.47. The minimum Gasteiger partial charge on any atom is -0.382 e. The quantitative estimate of drug-likeness (QED) is 0.845. The molecule has 4 nitrogen and oxygen atoms in total. The van der Waals surface area contributed by atoms with Crippen LogP contribution >= 0.6 is 0 Å². The molecule has 21 heavy (non-hydrogen) atoms. The molecule has 2 aliphatic rings. The summed E-state index contributed by atoms with van der Waals surface area (Å²) in [5, 5.41) is 3.64. The van der Waals surface area contributed by atoms with Crippen LogP contribution in [0.15, 0.2) is 24.3 Å². The van der Waals surface area contributed by atoms with Crippen molar-refractivity contribution in [1.82, 2.24) is 0 Å². The number of anilines is 1. The highest BCUT2D eigenvalue weighted by molar-refractivity contribution is 5.76. The van der Waals surface area contributed by atoms with Gasteiger partial charge in [-0.1, -0.05) is 18.6 Å². The van der Waals surface area contributed by atoms with Gasteiger partial charge in [-0.05, 0) is 43.9 Å². The van der Waals surface area contributed by atoms with E-state index in [9.17, 15) is 4.79 Å². The maximum Gasteiger partial charge on any atom is 0.221 e. The standard InChI is InChI=1S/C17H24N2O2/c1-2-21-15-11-14(17(15)8-3-9-17)19-13-6-4-12(5-7-13)10-16(18)20/h4-7,14-15,19H,2-3,8-11H2,1H3,(H2,18,20). The molecule has 1 spiro atoms. The summed E-state index contributed by atoms with van der Waals surface area (Å²) >= 11 is 0. The Morgan fingerprint density at radius 1 is 1.38 bits per heavy atom. The number of nitrogens with one attached hydrogen (secondary N) is 1. The summed E-state index contributed by atoms with van der Waals surface area (Å²) in [6.45, 7) is 2.88. The minimum atomic E-state index is -0.289. The third-order valence-corrected chi connectivity index (χ3v) is 5.11. The molecule has 2 aliphatic carbocycles. The van der Waals surface area contributed by atoms with Crippen molar-refractivity contribution < 1.29 is 9.53 Å². The molecule has 1 amide bonds. The van der Waals surface area contributed by atoms with Crippen LogP contribution in [-0.2, 0) is 16.0 Å². The average Bonchev–Trinajstić information content (AvgIpc) is 2.37. The molecule has 0 heterocycles. The second kappa shape index (κ2) is 5.68. The molecule has 1 aromatic rings. The molecule has 3 N–H and O–H groups in total. The third-order valence-electron chi connectivity index (χ3n) is 5.11. The first-order valence-electron chi connectivity index (χ1n) is 7.89. The third kappa shape index (κ3) is 2.64. The van der Waals surface area contributed by atoms with Crippen molar-refractivity contribution in [2.24, 2.45) is 11.1 Å². The first-order chi connectivity index (χ1) is 10.1. The summed E-state index contributed by atoms with van der Waals surface area (Å²) in [6, 6.07) is 8.54. The molecule has 0 aromatic heterocycles. The summed E-state index contributed by atoms with van der Waals surface area (Å²) in [7, 11) is 0. The summed E-state index contributed by atoms with van der Waals surface area (Å²) in [6.07, 6.45) is 5.70. The van der Waals surface area contributed by atoms with E-state index in [1.54, 1.807) is 0 Å². The van der Waals surface area contributed by atoms with Crippen molar-refractivity contribution >= 4 is 11.6 Å². The second-order valence-electron chi connectivity index (χ2n) is 6.30. The predicted molar refractivity (Wildman–Crippen MR) is 83.1 cm³/mol. The molecular formula is C17H24N2O2. The van der Waals surface area contributed by atoms with Crippen molar-refractivity contribution in [2.45, 2.75) is 51.2 Å². The molecule has 0 bridgehead atoms. The average molecular weight is 288 g/mol. The number of carbonyl (C=O) groups excluding carboxylic acids is 1. The number of amides is 1. The van der Waals surface area contributed by atoms with E-state index >= 15 is 0 Å². The van der Waals surface area contributed by atoms with E-state index in [1.165, 1.54) is 19.3 Å². The fourth-order valence-electron chi connectivity index (χ4n) is 3.76. The molecule has 114 valence electrons. The van der Waals surface area contributed by atoms with Crippen LogP contribution in [0.2, 0.25) is 0 Å². The van der Waals surface area contributed by atoms with Crippen molar-refractivity contribution in [2.75, 3.05) is 11.9 Å². The molecular weight excluding hydrogens is 264 g/mol. The van der Waals surface area contributed by atoms with E-state index in [0.29, 0.717) is 24.0 Å². The first-order valence-corrected chi connectivity index (χ1v) is 7.89. The van der Waals surface area contributed by atoms with Gasteiger partial charge >= 0.3 is 0 Å². The van der Waals surface area contributed by atoms with Gasteiger partial charge in [0, 0.05) is 23.8 Å². The van der Waals surface area contributed by atoms with Crippen LogP contribution in [0.3, 0.4) is 0 Å². The molecule has 2 saturated carbocycles. The fourth-order valence-corrected chi connectivity index (χ4v) is 3.76. The number of hydrogen-bond donors (Lipinski definition) is 2. The summed E-state index contributed by atoms with van der Waals surface area (Å²) in [5.41, 5.74) is 7.66. The van der Waals surface area contributed by atoms with Crippen LogP contribution in [0.5, 0.6) is 0 Å². The van der Waals surface area contributed by atoms with Gasteiger partial charge in [0.15, 0.2) is 0 Å². The Hall–Kier alpha value is -1.55. The lowest BCUT2D eigenvalue weighted by molar-refractivity contribution is -0.157. The Balaban J connectivity index is 1.61. The number of hydrogen-bond acceptors (Lipinski definition) is 3. The molecule has 2 atom stereocenters. The Morgan fingerprint density at radius 2 is 2.10 bits per heavy atom. The number of ether oxygens (including phenoxy) is 1. The maximum atomic E-state index is 10.9. The smallest absolute Gasteiger partial charge is 0.221 e. The van der Waals surface area contributed by atoms with Gasteiger partial charge in [0.25, 0.3) is 0 Å². The van der Waals surface area contributed by atoms with Gasteiger partial charge in [-0.15, -0.1) is 0 Å². The van der Waals surface area contributed by atoms with E-state index in [-0.39, 0.29) is 5.91 Å². The largest absolute Gasteiger partial charge is 0.382 e. The Labute approximate surface area is 126 Å². The van der Waals surface area contributed by atoms with Crippen molar-refractivity contribution in [3.05, 3.63) is 29.8 Å². The van der Waals surface area contributed by atoms with Gasteiger partial charge in [0.1, 0.15) is 0 Å². The Bertz CT molecular complexity index is 508. The van der Waals surface area contributed by atoms with Crippen LogP contribution in [-0.4, -0.2) is 24.7 Å². The highest BCUT2D eigenvalue weighted by atomic mass is 16.5. The lowest BCUT2D eigenvalue weighted by atomic mass is 9.51. The van der Waals surface area contributed by atoms with Crippen molar-refractivity contribution in [1.29, 1.82) is 0 Å². The molecule has 4 heteroatoms. The number of nitrogens with two attached hydrogens (primary N) is 1. The monoisotopic (exact) mass is 288 g/mol. The lowest BCUT2D eigenvalue weighted by Crippen LogP contribution is -2.64. The SMILES string of the molecule is CCOC1CC(Nc2ccc(CC(N)=O)cc2)C12CCC2. The van der Waals surface area contributed by atoms with Crippen LogP contribution in [0.4, 0.5) is 5.69 Å². The normalized spacial score (nSPS) is 26.0. The summed E-state index contributed by atoms with van der Waals surface area (Å²) in [4.78, 5) is 10.9. The molecule has 0 radical (unpaired) electrons. The van der Waals surface area contributed by atoms with Crippen molar-refractivity contribution in [3.8, 4) is 0 Å². The topological polar surface area (TPSA) is 64.3 Å². The lowest BCUT2D eigenvalue weighted by Gasteiger charge is -2.61. The van der Waals surface area contributed by atoms with Crippen LogP contribution in [0.25, 0.3) is 0 Å². The van der Waals surface area contributed by atoms with Gasteiger partial charge in [0.2, 0.25) is 5.91 Å². The zero-order chi connectivity index (χ0) is 14.9. The van der Waals surface area contributed by atoms with Crippen LogP contribution in [0.1, 0.15) is 38.2 Å². The van der Waals surface area contributed by atoms with E-state index in [1.807, 2.05) is 24.3 Å². The van der Waals surface area contributed by atoms with E-state index in [2.05, 4.69) is 12.2 Å². The summed E-state index contributed by atoms with van der Waals surface area (Å²) < 4.78 is 5.88. The van der Waals surface area contributed by atoms with Crippen LogP contribution < -0.4 is 11.1 Å². The van der Waals surface area contributed by atoms with Gasteiger partial charge in [-0.2, -0.15) is 0 Å². The minimum absolute atomic E-state index is 0.289.